The summed E-state index contributed by atoms with van der Waals surface area (Å²) in [4.78, 5) is 23.4. The van der Waals surface area contributed by atoms with E-state index in [2.05, 4.69) is 26.6 Å². The lowest BCUT2D eigenvalue weighted by atomic mass is 10.1. The molecular weight excluding hydrogens is 316 g/mol. The summed E-state index contributed by atoms with van der Waals surface area (Å²) in [6.07, 6.45) is 3.78. The first-order chi connectivity index (χ1) is 11.8. The van der Waals surface area contributed by atoms with Gasteiger partial charge in [-0.25, -0.2) is 4.79 Å². The third kappa shape index (κ3) is 5.67. The van der Waals surface area contributed by atoms with Crippen molar-refractivity contribution >= 4 is 23.3 Å². The van der Waals surface area contributed by atoms with Gasteiger partial charge in [-0.2, -0.15) is 0 Å². The fraction of sp³-hybridized carbons (Fsp3) is 0.368. The molecule has 134 valence electrons. The van der Waals surface area contributed by atoms with E-state index in [-0.39, 0.29) is 18.0 Å². The Bertz CT molecular complexity index is 752. The van der Waals surface area contributed by atoms with Crippen molar-refractivity contribution in [3.8, 4) is 0 Å². The second-order valence-corrected chi connectivity index (χ2v) is 6.36. The van der Waals surface area contributed by atoms with Crippen LogP contribution in [0.4, 0.5) is 16.2 Å². The molecule has 0 aliphatic heterocycles. The highest BCUT2D eigenvalue weighted by Crippen LogP contribution is 2.20. The van der Waals surface area contributed by atoms with Crippen LogP contribution in [0.15, 0.2) is 36.5 Å². The Morgan fingerprint density at radius 1 is 1.20 bits per heavy atom. The largest absolute Gasteiger partial charge is 0.354 e. The number of amides is 3. The van der Waals surface area contributed by atoms with Crippen LogP contribution in [0.5, 0.6) is 0 Å². The van der Waals surface area contributed by atoms with Gasteiger partial charge in [-0.15, -0.1) is 0 Å². The number of hydrogen-bond acceptors (Lipinski definition) is 2. The highest BCUT2D eigenvalue weighted by atomic mass is 16.2. The Balaban J connectivity index is 1.88. The molecule has 0 fully saturated rings. The van der Waals surface area contributed by atoms with Gasteiger partial charge in [0.2, 0.25) is 5.91 Å². The maximum Gasteiger partial charge on any atom is 0.319 e. The zero-order valence-electron chi connectivity index (χ0n) is 15.2. The minimum Gasteiger partial charge on any atom is -0.354 e. The summed E-state index contributed by atoms with van der Waals surface area (Å²) in [7, 11) is 2.02. The van der Waals surface area contributed by atoms with E-state index in [1.165, 1.54) is 12.6 Å². The van der Waals surface area contributed by atoms with Crippen molar-refractivity contribution in [2.24, 2.45) is 7.05 Å². The van der Waals surface area contributed by atoms with E-state index in [9.17, 15) is 9.59 Å². The molecule has 1 aromatic heterocycles. The van der Waals surface area contributed by atoms with Gasteiger partial charge in [-0.1, -0.05) is 6.07 Å². The van der Waals surface area contributed by atoms with Gasteiger partial charge in [0.25, 0.3) is 0 Å². The van der Waals surface area contributed by atoms with Crippen LogP contribution < -0.4 is 16.0 Å². The van der Waals surface area contributed by atoms with E-state index in [1.54, 1.807) is 6.07 Å². The number of rotatable bonds is 6. The summed E-state index contributed by atoms with van der Waals surface area (Å²) >= 11 is 0. The van der Waals surface area contributed by atoms with Gasteiger partial charge in [0.15, 0.2) is 0 Å². The number of carbonyl (C=O) groups excluding carboxylic acids is 2. The van der Waals surface area contributed by atoms with Crippen LogP contribution in [-0.2, 0) is 18.3 Å². The molecule has 3 amide bonds. The van der Waals surface area contributed by atoms with Crippen LogP contribution in [0.25, 0.3) is 0 Å². The second kappa shape index (κ2) is 8.37. The number of nitrogens with one attached hydrogen (secondary N) is 3. The monoisotopic (exact) mass is 342 g/mol. The highest BCUT2D eigenvalue weighted by Gasteiger charge is 2.10. The van der Waals surface area contributed by atoms with Crippen LogP contribution in [0.2, 0.25) is 0 Å². The summed E-state index contributed by atoms with van der Waals surface area (Å²) in [5.41, 5.74) is 3.51. The van der Waals surface area contributed by atoms with E-state index in [0.717, 1.165) is 18.4 Å². The van der Waals surface area contributed by atoms with Crippen LogP contribution in [0.1, 0.15) is 31.5 Å². The van der Waals surface area contributed by atoms with Gasteiger partial charge in [-0.05, 0) is 56.5 Å². The minimum atomic E-state index is -0.248. The zero-order chi connectivity index (χ0) is 18.4. The molecule has 0 saturated heterocycles. The number of benzene rings is 1. The standard InChI is InChI=1S/C19H26N4O2/c1-13-7-9-16(21-15(3)24)12-18(13)22-19(25)20-14(2)8-10-17-6-5-11-23(17)4/h5-7,9,11-12,14H,8,10H2,1-4H3,(H,21,24)(H2,20,22,25)/t14-/m1/s1. The van der Waals surface area contributed by atoms with Crippen LogP contribution >= 0.6 is 0 Å². The van der Waals surface area contributed by atoms with Crippen molar-refractivity contribution in [3.05, 3.63) is 47.8 Å². The molecule has 0 radical (unpaired) electrons. The van der Waals surface area contributed by atoms with E-state index >= 15 is 0 Å². The van der Waals surface area contributed by atoms with Crippen molar-refractivity contribution in [3.63, 3.8) is 0 Å². The lowest BCUT2D eigenvalue weighted by Crippen LogP contribution is -2.36. The average molecular weight is 342 g/mol. The second-order valence-electron chi connectivity index (χ2n) is 6.36. The molecule has 0 unspecified atom stereocenters. The molecule has 1 atom stereocenters. The van der Waals surface area contributed by atoms with Gasteiger partial charge in [0.1, 0.15) is 0 Å². The van der Waals surface area contributed by atoms with Crippen LogP contribution in [0.3, 0.4) is 0 Å². The average Bonchev–Trinajstić information content (AvgIpc) is 2.93. The first-order valence-electron chi connectivity index (χ1n) is 8.41. The SMILES string of the molecule is CC(=O)Nc1ccc(C)c(NC(=O)N[C@H](C)CCc2cccn2C)c1. The molecule has 1 aromatic carbocycles. The van der Waals surface area contributed by atoms with E-state index in [4.69, 9.17) is 0 Å². The number of anilines is 2. The molecule has 2 aromatic rings. The zero-order valence-corrected chi connectivity index (χ0v) is 15.2. The van der Waals surface area contributed by atoms with Crippen LogP contribution in [-0.4, -0.2) is 22.5 Å². The van der Waals surface area contributed by atoms with Crippen molar-refractivity contribution in [1.29, 1.82) is 0 Å². The molecule has 6 nitrogen and oxygen atoms in total. The van der Waals surface area contributed by atoms with E-state index in [1.807, 2.05) is 45.3 Å². The molecule has 0 spiro atoms. The fourth-order valence-corrected chi connectivity index (χ4v) is 2.61. The number of nitrogens with zero attached hydrogens (tertiary/aromatic N) is 1. The molecule has 1 heterocycles. The van der Waals surface area contributed by atoms with Gasteiger partial charge in [0.05, 0.1) is 0 Å². The van der Waals surface area contributed by atoms with Gasteiger partial charge in [0, 0.05) is 43.3 Å². The smallest absolute Gasteiger partial charge is 0.319 e. The molecular formula is C19H26N4O2. The minimum absolute atomic E-state index is 0.0498. The number of hydrogen-bond donors (Lipinski definition) is 3. The molecule has 0 aliphatic carbocycles. The Labute approximate surface area is 148 Å². The Morgan fingerprint density at radius 3 is 2.60 bits per heavy atom. The summed E-state index contributed by atoms with van der Waals surface area (Å²) in [6.45, 7) is 5.35. The summed E-state index contributed by atoms with van der Waals surface area (Å²) < 4.78 is 2.09. The summed E-state index contributed by atoms with van der Waals surface area (Å²) in [5.74, 6) is -0.145. The van der Waals surface area contributed by atoms with E-state index in [0.29, 0.717) is 11.4 Å². The van der Waals surface area contributed by atoms with Crippen molar-refractivity contribution in [1.82, 2.24) is 9.88 Å². The lowest BCUT2D eigenvalue weighted by Gasteiger charge is -2.16. The molecule has 2 rings (SSSR count). The van der Waals surface area contributed by atoms with Gasteiger partial charge < -0.3 is 20.5 Å². The third-order valence-corrected chi connectivity index (χ3v) is 4.07. The number of aryl methyl sites for hydroxylation is 3. The van der Waals surface area contributed by atoms with Gasteiger partial charge in [-0.3, -0.25) is 4.79 Å². The van der Waals surface area contributed by atoms with Crippen molar-refractivity contribution < 1.29 is 9.59 Å². The molecule has 0 bridgehead atoms. The Hall–Kier alpha value is -2.76. The number of carbonyl (C=O) groups is 2. The molecule has 3 N–H and O–H groups in total. The lowest BCUT2D eigenvalue weighted by molar-refractivity contribution is -0.114. The molecule has 25 heavy (non-hydrogen) atoms. The highest BCUT2D eigenvalue weighted by molar-refractivity contribution is 5.93. The first kappa shape index (κ1) is 18.6. The first-order valence-corrected chi connectivity index (χ1v) is 8.41. The molecule has 6 heteroatoms. The Kier molecular flexibility index (Phi) is 6.22. The maximum absolute atomic E-state index is 12.2. The van der Waals surface area contributed by atoms with E-state index < -0.39 is 0 Å². The normalized spacial score (nSPS) is 11.7. The molecule has 0 aliphatic rings. The predicted molar refractivity (Wildman–Crippen MR) is 101 cm³/mol. The van der Waals surface area contributed by atoms with Crippen molar-refractivity contribution in [2.45, 2.75) is 39.7 Å². The number of urea groups is 1. The Morgan fingerprint density at radius 2 is 1.96 bits per heavy atom. The summed E-state index contributed by atoms with van der Waals surface area (Å²) in [6, 6.07) is 9.33. The fourth-order valence-electron chi connectivity index (χ4n) is 2.61. The predicted octanol–water partition coefficient (Wildman–Crippen LogP) is 3.43. The van der Waals surface area contributed by atoms with Crippen molar-refractivity contribution in [2.75, 3.05) is 10.6 Å². The quantitative estimate of drug-likeness (QED) is 0.752. The van der Waals surface area contributed by atoms with Gasteiger partial charge >= 0.3 is 6.03 Å². The molecule has 0 saturated carbocycles. The maximum atomic E-state index is 12.2. The summed E-state index contributed by atoms with van der Waals surface area (Å²) in [5, 5.41) is 8.52. The third-order valence-electron chi connectivity index (χ3n) is 4.07. The number of aromatic nitrogens is 1. The van der Waals surface area contributed by atoms with Crippen LogP contribution in [0, 0.1) is 6.92 Å². The topological polar surface area (TPSA) is 75.2 Å².